The Bertz CT molecular complexity index is 920. The molecule has 4 rings (SSSR count). The van der Waals surface area contributed by atoms with E-state index in [4.69, 9.17) is 11.6 Å². The Kier molecular flexibility index (Phi) is 5.33. The fourth-order valence-corrected chi connectivity index (χ4v) is 4.18. The van der Waals surface area contributed by atoms with Crippen molar-refractivity contribution in [1.82, 2.24) is 10.6 Å². The molecule has 0 bridgehead atoms. The van der Waals surface area contributed by atoms with Gasteiger partial charge in [0.2, 0.25) is 5.91 Å². The molecule has 2 amide bonds. The average Bonchev–Trinajstić information content (AvgIpc) is 2.69. The molecule has 3 unspecified atom stereocenters. The summed E-state index contributed by atoms with van der Waals surface area (Å²) in [4.78, 5) is 25.3. The largest absolute Gasteiger partial charge is 0.350 e. The number of rotatable bonds is 3. The molecule has 0 radical (unpaired) electrons. The molecule has 28 heavy (non-hydrogen) atoms. The van der Waals surface area contributed by atoms with E-state index in [2.05, 4.69) is 16.0 Å². The summed E-state index contributed by atoms with van der Waals surface area (Å²) in [6, 6.07) is 10.2. The molecule has 7 heteroatoms. The number of carbonyl (C=O) groups is 2. The molecule has 1 aliphatic heterocycles. The first kappa shape index (κ1) is 18.9. The first-order valence-corrected chi connectivity index (χ1v) is 9.82. The van der Waals surface area contributed by atoms with Gasteiger partial charge in [-0.15, -0.1) is 0 Å². The van der Waals surface area contributed by atoms with Crippen molar-refractivity contribution in [3.8, 4) is 0 Å². The Hall–Kier alpha value is -2.44. The van der Waals surface area contributed by atoms with E-state index in [1.54, 1.807) is 18.2 Å². The van der Waals surface area contributed by atoms with Crippen LogP contribution in [0.25, 0.3) is 0 Å². The number of piperazine rings is 1. The number of halogens is 2. The molecule has 146 valence electrons. The van der Waals surface area contributed by atoms with Gasteiger partial charge in [-0.2, -0.15) is 0 Å². The minimum absolute atomic E-state index is 0.133. The highest BCUT2D eigenvalue weighted by Gasteiger charge is 2.38. The monoisotopic (exact) mass is 401 g/mol. The van der Waals surface area contributed by atoms with E-state index in [1.807, 2.05) is 0 Å². The van der Waals surface area contributed by atoms with Gasteiger partial charge < -0.3 is 10.6 Å². The normalized spacial score (nSPS) is 24.2. The number of hydrogen-bond donors (Lipinski definition) is 3. The quantitative estimate of drug-likeness (QED) is 0.732. The Morgan fingerprint density at radius 3 is 2.68 bits per heavy atom. The third-order valence-electron chi connectivity index (χ3n) is 5.40. The van der Waals surface area contributed by atoms with Crippen LogP contribution in [-0.2, 0) is 4.79 Å². The van der Waals surface area contributed by atoms with Crippen LogP contribution in [0.3, 0.4) is 0 Å². The molecule has 2 aromatic carbocycles. The van der Waals surface area contributed by atoms with Crippen molar-refractivity contribution in [2.24, 2.45) is 0 Å². The van der Waals surface area contributed by atoms with Crippen LogP contribution >= 0.6 is 11.6 Å². The van der Waals surface area contributed by atoms with Crippen LogP contribution < -0.4 is 16.0 Å². The van der Waals surface area contributed by atoms with Crippen LogP contribution in [-0.4, -0.2) is 23.9 Å². The van der Waals surface area contributed by atoms with E-state index in [-0.39, 0.29) is 23.6 Å². The van der Waals surface area contributed by atoms with Gasteiger partial charge in [0.1, 0.15) is 11.9 Å². The minimum Gasteiger partial charge on any atom is -0.350 e. The van der Waals surface area contributed by atoms with Gasteiger partial charge in [0.25, 0.3) is 5.91 Å². The Morgan fingerprint density at radius 1 is 1.11 bits per heavy atom. The highest BCUT2D eigenvalue weighted by atomic mass is 35.5. The van der Waals surface area contributed by atoms with Crippen molar-refractivity contribution < 1.29 is 14.0 Å². The molecule has 0 spiro atoms. The summed E-state index contributed by atoms with van der Waals surface area (Å²) >= 11 is 6.17. The maximum Gasteiger partial charge on any atom is 0.255 e. The van der Waals surface area contributed by atoms with Gasteiger partial charge >= 0.3 is 0 Å². The van der Waals surface area contributed by atoms with Gasteiger partial charge in [0, 0.05) is 33.9 Å². The molecule has 3 atom stereocenters. The van der Waals surface area contributed by atoms with Crippen molar-refractivity contribution in [1.29, 1.82) is 0 Å². The van der Waals surface area contributed by atoms with Gasteiger partial charge in [0.15, 0.2) is 0 Å². The maximum atomic E-state index is 13.4. The summed E-state index contributed by atoms with van der Waals surface area (Å²) < 4.78 is 13.4. The first-order valence-electron chi connectivity index (χ1n) is 9.44. The first-order chi connectivity index (χ1) is 13.5. The standard InChI is InChI=1S/C21H21ClFN3O2/c22-13-8-9-16(25-20(27)12-4-3-5-14(23)10-12)15(11-13)19-21(28)26-18-7-2-1-6-17(18)24-19/h3-5,8-11,17-19,24H,1-2,6-7H2,(H,25,27)(H,26,28). The van der Waals surface area contributed by atoms with Gasteiger partial charge in [-0.05, 0) is 49.2 Å². The molecule has 2 fully saturated rings. The Labute approximate surface area is 167 Å². The number of amides is 2. The highest BCUT2D eigenvalue weighted by Crippen LogP contribution is 2.32. The number of anilines is 1. The van der Waals surface area contributed by atoms with Gasteiger partial charge in [-0.25, -0.2) is 4.39 Å². The molecule has 1 aliphatic carbocycles. The fraction of sp³-hybridized carbons (Fsp3) is 0.333. The van der Waals surface area contributed by atoms with Crippen molar-refractivity contribution in [2.45, 2.75) is 43.8 Å². The lowest BCUT2D eigenvalue weighted by Crippen LogP contribution is -2.61. The number of carbonyl (C=O) groups excluding carboxylic acids is 2. The van der Waals surface area contributed by atoms with Crippen LogP contribution in [0.4, 0.5) is 10.1 Å². The van der Waals surface area contributed by atoms with Crippen molar-refractivity contribution in [2.75, 3.05) is 5.32 Å². The van der Waals surface area contributed by atoms with E-state index in [9.17, 15) is 14.0 Å². The second-order valence-electron chi connectivity index (χ2n) is 7.30. The van der Waals surface area contributed by atoms with Crippen LogP contribution in [0.15, 0.2) is 42.5 Å². The van der Waals surface area contributed by atoms with Crippen LogP contribution in [0.5, 0.6) is 0 Å². The number of benzene rings is 2. The molecule has 1 heterocycles. The third-order valence-corrected chi connectivity index (χ3v) is 5.63. The summed E-state index contributed by atoms with van der Waals surface area (Å²) in [5.41, 5.74) is 1.27. The van der Waals surface area contributed by atoms with E-state index in [0.29, 0.717) is 16.3 Å². The summed E-state index contributed by atoms with van der Waals surface area (Å²) in [5, 5.41) is 9.79. The van der Waals surface area contributed by atoms with Gasteiger partial charge in [0.05, 0.1) is 0 Å². The predicted octanol–water partition coefficient (Wildman–Crippen LogP) is 3.80. The fourth-order valence-electron chi connectivity index (χ4n) is 4.00. The average molecular weight is 402 g/mol. The molecule has 1 saturated carbocycles. The second kappa shape index (κ2) is 7.89. The van der Waals surface area contributed by atoms with E-state index >= 15 is 0 Å². The third kappa shape index (κ3) is 3.88. The molecular weight excluding hydrogens is 381 g/mol. The van der Waals surface area contributed by atoms with Crippen molar-refractivity contribution in [3.05, 3.63) is 64.4 Å². The second-order valence-corrected chi connectivity index (χ2v) is 7.74. The SMILES string of the molecule is O=C(Nc1ccc(Cl)cc1C1NC2CCCCC2NC1=O)c1cccc(F)c1. The lowest BCUT2D eigenvalue weighted by Gasteiger charge is -2.41. The van der Waals surface area contributed by atoms with E-state index < -0.39 is 17.8 Å². The molecule has 2 aromatic rings. The summed E-state index contributed by atoms with van der Waals surface area (Å²) in [5.74, 6) is -1.07. The van der Waals surface area contributed by atoms with Crippen molar-refractivity contribution >= 4 is 29.1 Å². The van der Waals surface area contributed by atoms with E-state index in [0.717, 1.165) is 25.7 Å². The zero-order valence-corrected chi connectivity index (χ0v) is 15.9. The number of fused-ring (bicyclic) bond motifs is 1. The summed E-state index contributed by atoms with van der Waals surface area (Å²) in [6.07, 6.45) is 4.19. The van der Waals surface area contributed by atoms with Crippen LogP contribution in [0.1, 0.15) is 47.6 Å². The minimum atomic E-state index is -0.610. The van der Waals surface area contributed by atoms with Crippen LogP contribution in [0, 0.1) is 5.82 Å². The summed E-state index contributed by atoms with van der Waals surface area (Å²) in [6.45, 7) is 0. The predicted molar refractivity (Wildman–Crippen MR) is 106 cm³/mol. The Balaban J connectivity index is 1.61. The maximum absolute atomic E-state index is 13.4. The lowest BCUT2D eigenvalue weighted by molar-refractivity contribution is -0.127. The van der Waals surface area contributed by atoms with Crippen molar-refractivity contribution in [3.63, 3.8) is 0 Å². The zero-order chi connectivity index (χ0) is 19.7. The van der Waals surface area contributed by atoms with Gasteiger partial charge in [-0.1, -0.05) is 30.5 Å². The molecule has 2 aliphatic rings. The number of hydrogen-bond acceptors (Lipinski definition) is 3. The number of nitrogens with one attached hydrogen (secondary N) is 3. The highest BCUT2D eigenvalue weighted by molar-refractivity contribution is 6.30. The van der Waals surface area contributed by atoms with Gasteiger partial charge in [-0.3, -0.25) is 14.9 Å². The molecular formula is C21H21ClFN3O2. The zero-order valence-electron chi connectivity index (χ0n) is 15.2. The van der Waals surface area contributed by atoms with E-state index in [1.165, 1.54) is 24.3 Å². The molecule has 0 aromatic heterocycles. The lowest BCUT2D eigenvalue weighted by atomic mass is 9.86. The van der Waals surface area contributed by atoms with Crippen LogP contribution in [0.2, 0.25) is 5.02 Å². The molecule has 3 N–H and O–H groups in total. The Morgan fingerprint density at radius 2 is 1.89 bits per heavy atom. The topological polar surface area (TPSA) is 70.2 Å². The molecule has 5 nitrogen and oxygen atoms in total. The summed E-state index contributed by atoms with van der Waals surface area (Å²) in [7, 11) is 0. The smallest absolute Gasteiger partial charge is 0.255 e. The molecule has 1 saturated heterocycles.